The third kappa shape index (κ3) is 3.62. The van der Waals surface area contributed by atoms with E-state index in [1.807, 2.05) is 0 Å². The number of anilines is 1. The Hall–Kier alpha value is -3.46. The Bertz CT molecular complexity index is 1070. The van der Waals surface area contributed by atoms with Crippen molar-refractivity contribution in [3.8, 4) is 16.9 Å². The van der Waals surface area contributed by atoms with Gasteiger partial charge in [-0.2, -0.15) is 0 Å². The van der Waals surface area contributed by atoms with Crippen LogP contribution in [-0.2, 0) is 10.0 Å². The second-order valence-electron chi connectivity index (χ2n) is 5.27. The first-order valence-electron chi connectivity index (χ1n) is 7.32. The number of sulfonamides is 1. The zero-order chi connectivity index (χ0) is 18.7. The molecule has 132 valence electrons. The highest BCUT2D eigenvalue weighted by Crippen LogP contribution is 2.25. The van der Waals surface area contributed by atoms with Crippen LogP contribution >= 0.6 is 0 Å². The average Bonchev–Trinajstić information content (AvgIpc) is 2.64. The minimum Gasteiger partial charge on any atom is -0.504 e. The Morgan fingerprint density at radius 2 is 1.77 bits per heavy atom. The number of aromatic hydroxyl groups is 1. The summed E-state index contributed by atoms with van der Waals surface area (Å²) in [7, 11) is -3.94. The van der Waals surface area contributed by atoms with Gasteiger partial charge in [-0.1, -0.05) is 12.1 Å². The highest BCUT2D eigenvalue weighted by Gasteiger charge is 2.17. The molecule has 0 amide bonds. The summed E-state index contributed by atoms with van der Waals surface area (Å²) in [5.74, 6) is -1.56. The number of nitrogens with zero attached hydrogens (tertiary/aromatic N) is 2. The van der Waals surface area contributed by atoms with Gasteiger partial charge < -0.3 is 10.2 Å². The Morgan fingerprint density at radius 1 is 1.04 bits per heavy atom. The van der Waals surface area contributed by atoms with Crippen molar-refractivity contribution in [3.05, 3.63) is 66.6 Å². The maximum Gasteiger partial charge on any atom is 0.337 e. The van der Waals surface area contributed by atoms with Gasteiger partial charge in [0.2, 0.25) is 0 Å². The van der Waals surface area contributed by atoms with E-state index in [1.165, 1.54) is 61.1 Å². The summed E-state index contributed by atoms with van der Waals surface area (Å²) in [5, 5.41) is 18.7. The maximum absolute atomic E-state index is 12.4. The molecule has 3 rings (SSSR count). The molecule has 1 aromatic carbocycles. The Labute approximate surface area is 148 Å². The Balaban J connectivity index is 1.88. The van der Waals surface area contributed by atoms with Gasteiger partial charge in [0.1, 0.15) is 0 Å². The number of hydrogen-bond donors (Lipinski definition) is 3. The third-order valence-corrected chi connectivity index (χ3v) is 4.86. The number of benzene rings is 1. The molecule has 3 aromatic rings. The highest BCUT2D eigenvalue weighted by molar-refractivity contribution is 7.92. The van der Waals surface area contributed by atoms with E-state index in [2.05, 4.69) is 14.7 Å². The molecule has 9 heteroatoms. The summed E-state index contributed by atoms with van der Waals surface area (Å²) in [6, 6.07) is 10.0. The van der Waals surface area contributed by atoms with Crippen LogP contribution in [0.5, 0.6) is 5.75 Å². The number of aromatic nitrogens is 2. The van der Waals surface area contributed by atoms with E-state index < -0.39 is 16.0 Å². The monoisotopic (exact) mass is 371 g/mol. The molecule has 0 aliphatic carbocycles. The highest BCUT2D eigenvalue weighted by atomic mass is 32.2. The first-order chi connectivity index (χ1) is 12.4. The van der Waals surface area contributed by atoms with E-state index in [0.29, 0.717) is 11.1 Å². The van der Waals surface area contributed by atoms with Crippen molar-refractivity contribution in [1.82, 2.24) is 9.97 Å². The van der Waals surface area contributed by atoms with Crippen LogP contribution in [0.3, 0.4) is 0 Å². The first kappa shape index (κ1) is 17.4. The van der Waals surface area contributed by atoms with Gasteiger partial charge in [0.15, 0.2) is 11.6 Å². The normalized spacial score (nSPS) is 11.1. The van der Waals surface area contributed by atoms with Gasteiger partial charge >= 0.3 is 5.97 Å². The van der Waals surface area contributed by atoms with Crippen molar-refractivity contribution in [3.63, 3.8) is 0 Å². The summed E-state index contributed by atoms with van der Waals surface area (Å²) >= 11 is 0. The smallest absolute Gasteiger partial charge is 0.337 e. The van der Waals surface area contributed by atoms with Crippen molar-refractivity contribution in [2.24, 2.45) is 0 Å². The number of nitrogens with one attached hydrogen (secondary N) is 1. The molecule has 0 bridgehead atoms. The van der Waals surface area contributed by atoms with Crippen LogP contribution in [0.4, 0.5) is 5.82 Å². The van der Waals surface area contributed by atoms with Crippen molar-refractivity contribution < 1.29 is 23.4 Å². The van der Waals surface area contributed by atoms with Gasteiger partial charge in [0.25, 0.3) is 10.0 Å². The van der Waals surface area contributed by atoms with Crippen LogP contribution in [0.25, 0.3) is 11.1 Å². The minimum absolute atomic E-state index is 0.0337. The lowest BCUT2D eigenvalue weighted by molar-refractivity contribution is 0.0696. The van der Waals surface area contributed by atoms with Crippen LogP contribution in [0.2, 0.25) is 0 Å². The summed E-state index contributed by atoms with van der Waals surface area (Å²) in [6.07, 6.45) is 4.07. The zero-order valence-electron chi connectivity index (χ0n) is 13.2. The number of carboxylic acid groups (broad SMARTS) is 1. The lowest BCUT2D eigenvalue weighted by Gasteiger charge is -2.09. The molecule has 0 saturated carbocycles. The van der Waals surface area contributed by atoms with E-state index in [-0.39, 0.29) is 22.0 Å². The van der Waals surface area contributed by atoms with E-state index in [0.717, 1.165) is 0 Å². The molecule has 3 N–H and O–H groups in total. The number of hydrogen-bond acceptors (Lipinski definition) is 6. The molecular weight excluding hydrogens is 358 g/mol. The number of carbonyl (C=O) groups is 1. The van der Waals surface area contributed by atoms with Gasteiger partial charge in [-0.3, -0.25) is 9.71 Å². The van der Waals surface area contributed by atoms with Gasteiger partial charge in [0, 0.05) is 24.2 Å². The summed E-state index contributed by atoms with van der Waals surface area (Å²) in [4.78, 5) is 18.6. The largest absolute Gasteiger partial charge is 0.504 e. The summed E-state index contributed by atoms with van der Waals surface area (Å²) in [5.41, 5.74) is 1.19. The van der Waals surface area contributed by atoms with Crippen molar-refractivity contribution in [2.75, 3.05) is 4.72 Å². The lowest BCUT2D eigenvalue weighted by Crippen LogP contribution is -2.13. The first-order valence-corrected chi connectivity index (χ1v) is 8.81. The van der Waals surface area contributed by atoms with Crippen LogP contribution in [0, 0.1) is 0 Å². The van der Waals surface area contributed by atoms with Crippen LogP contribution in [-0.4, -0.2) is 34.6 Å². The van der Waals surface area contributed by atoms with E-state index in [1.54, 1.807) is 0 Å². The average molecular weight is 371 g/mol. The SMILES string of the molecule is O=C(O)c1cncc(-c2ccc(S(=O)(=O)Nc3ncccc3O)cc2)c1. The van der Waals surface area contributed by atoms with Gasteiger partial charge in [-0.05, 0) is 35.9 Å². The maximum atomic E-state index is 12.4. The topological polar surface area (TPSA) is 129 Å². The zero-order valence-corrected chi connectivity index (χ0v) is 14.0. The molecule has 0 aliphatic heterocycles. The molecule has 0 fully saturated rings. The van der Waals surface area contributed by atoms with Crippen molar-refractivity contribution >= 4 is 21.8 Å². The number of aromatic carboxylic acids is 1. The molecular formula is C17H13N3O5S. The molecule has 0 saturated heterocycles. The molecule has 0 unspecified atom stereocenters. The van der Waals surface area contributed by atoms with Crippen LogP contribution in [0.15, 0.2) is 66.0 Å². The second-order valence-corrected chi connectivity index (χ2v) is 6.95. The molecule has 0 radical (unpaired) electrons. The van der Waals surface area contributed by atoms with Gasteiger partial charge in [-0.25, -0.2) is 18.2 Å². The van der Waals surface area contributed by atoms with Gasteiger partial charge in [-0.15, -0.1) is 0 Å². The molecule has 2 aromatic heterocycles. The molecule has 8 nitrogen and oxygen atoms in total. The number of pyridine rings is 2. The molecule has 0 atom stereocenters. The lowest BCUT2D eigenvalue weighted by atomic mass is 10.1. The summed E-state index contributed by atoms with van der Waals surface area (Å²) < 4.78 is 27.0. The fraction of sp³-hybridized carbons (Fsp3) is 0. The van der Waals surface area contributed by atoms with E-state index >= 15 is 0 Å². The van der Waals surface area contributed by atoms with Crippen LogP contribution in [0.1, 0.15) is 10.4 Å². The van der Waals surface area contributed by atoms with E-state index in [4.69, 9.17) is 5.11 Å². The quantitative estimate of drug-likeness (QED) is 0.627. The number of carboxylic acids is 1. The Kier molecular flexibility index (Phi) is 4.55. The van der Waals surface area contributed by atoms with Crippen LogP contribution < -0.4 is 4.72 Å². The predicted molar refractivity (Wildman–Crippen MR) is 93.3 cm³/mol. The van der Waals surface area contributed by atoms with Gasteiger partial charge in [0.05, 0.1) is 10.5 Å². The second kappa shape index (κ2) is 6.81. The van der Waals surface area contributed by atoms with E-state index in [9.17, 15) is 18.3 Å². The number of rotatable bonds is 5. The standard InChI is InChI=1S/C17H13N3O5S/c21-15-2-1-7-19-16(15)20-26(24,25)14-5-3-11(4-6-14)12-8-13(17(22)23)10-18-9-12/h1-10,21H,(H,19,20)(H,22,23). The Morgan fingerprint density at radius 3 is 2.42 bits per heavy atom. The molecule has 26 heavy (non-hydrogen) atoms. The van der Waals surface area contributed by atoms with Crippen molar-refractivity contribution in [2.45, 2.75) is 4.90 Å². The summed E-state index contributed by atoms with van der Waals surface area (Å²) in [6.45, 7) is 0. The fourth-order valence-corrected chi connectivity index (χ4v) is 3.23. The predicted octanol–water partition coefficient (Wildman–Crippen LogP) is 2.35. The molecule has 0 spiro atoms. The van der Waals surface area contributed by atoms with Crippen molar-refractivity contribution in [1.29, 1.82) is 0 Å². The minimum atomic E-state index is -3.94. The fourth-order valence-electron chi connectivity index (χ4n) is 2.20. The molecule has 0 aliphatic rings. The third-order valence-electron chi connectivity index (χ3n) is 3.50. The molecule has 2 heterocycles.